The lowest BCUT2D eigenvalue weighted by Crippen LogP contribution is -2.61. The van der Waals surface area contributed by atoms with E-state index in [0.29, 0.717) is 5.56 Å². The first-order chi connectivity index (χ1) is 19.2. The summed E-state index contributed by atoms with van der Waals surface area (Å²) in [6, 6.07) is 8.02. The predicted molar refractivity (Wildman–Crippen MR) is 128 cm³/mol. The van der Waals surface area contributed by atoms with Gasteiger partial charge in [-0.25, -0.2) is 9.48 Å². The van der Waals surface area contributed by atoms with E-state index in [-0.39, 0.29) is 16.7 Å². The molecule has 2 heterocycles. The highest BCUT2D eigenvalue weighted by molar-refractivity contribution is 5.79. The molecule has 0 saturated carbocycles. The predicted octanol–water partition coefficient (Wildman–Crippen LogP) is -0.161. The van der Waals surface area contributed by atoms with E-state index in [0.717, 1.165) is 16.8 Å². The van der Waals surface area contributed by atoms with Crippen LogP contribution in [-0.4, -0.2) is 84.4 Å². The molecule has 14 nitrogen and oxygen atoms in total. The highest BCUT2D eigenvalue weighted by atomic mass is 19.4. The second-order valence-corrected chi connectivity index (χ2v) is 8.99. The molecule has 41 heavy (non-hydrogen) atoms. The van der Waals surface area contributed by atoms with Crippen LogP contribution in [0.25, 0.3) is 10.9 Å². The SMILES string of the molecule is C[C@H](NC(=O)Cn1nnc2cc(O[C@H]3O[C@H](C(=O)O)[C@@H](O)[C@H](O)[C@H]3O)ccc2c1=O)c1ccc(OC(F)(F)F)cc1. The van der Waals surface area contributed by atoms with Crippen molar-refractivity contribution in [2.45, 2.75) is 56.6 Å². The Bertz CT molecular complexity index is 1480. The maximum absolute atomic E-state index is 12.9. The summed E-state index contributed by atoms with van der Waals surface area (Å²) in [6.07, 6.45) is -14.0. The summed E-state index contributed by atoms with van der Waals surface area (Å²) in [5, 5.41) is 49.2. The lowest BCUT2D eigenvalue weighted by molar-refractivity contribution is -0.274. The fourth-order valence-electron chi connectivity index (χ4n) is 3.98. The standard InChI is InChI=1S/C24H23F3N4O10/c1-10(11-2-4-12(5-3-11)41-24(25,26)27)28-16(32)9-31-21(36)14-7-6-13(8-15(14)29-30-31)39-23-19(35)17(33)18(34)20(40-23)22(37)38/h2-8,10,17-20,23,33-35H,9H2,1H3,(H,28,32)(H,37,38)/t10-,17-,18-,19+,20-,23-/m0/s1. The third-order valence-electron chi connectivity index (χ3n) is 6.04. The Morgan fingerprint density at radius 2 is 1.73 bits per heavy atom. The van der Waals surface area contributed by atoms with Gasteiger partial charge in [-0.15, -0.1) is 18.3 Å². The molecule has 220 valence electrons. The number of carboxylic acids is 1. The Morgan fingerprint density at radius 1 is 1.07 bits per heavy atom. The Balaban J connectivity index is 1.42. The number of aliphatic hydroxyl groups excluding tert-OH is 3. The van der Waals surface area contributed by atoms with Crippen LogP contribution in [0.2, 0.25) is 0 Å². The molecule has 2 aromatic carbocycles. The fourth-order valence-corrected chi connectivity index (χ4v) is 3.98. The first kappa shape index (κ1) is 29.7. The summed E-state index contributed by atoms with van der Waals surface area (Å²) in [5.41, 5.74) is -0.211. The number of amides is 1. The number of carbonyl (C=O) groups excluding carboxylic acids is 1. The van der Waals surface area contributed by atoms with Crippen molar-refractivity contribution in [2.24, 2.45) is 0 Å². The van der Waals surface area contributed by atoms with Crippen LogP contribution < -0.4 is 20.3 Å². The minimum absolute atomic E-state index is 0.0133. The number of carbonyl (C=O) groups is 2. The van der Waals surface area contributed by atoms with Gasteiger partial charge in [-0.3, -0.25) is 9.59 Å². The number of nitrogens with one attached hydrogen (secondary N) is 1. The van der Waals surface area contributed by atoms with Gasteiger partial charge in [0.25, 0.3) is 5.56 Å². The molecular weight excluding hydrogens is 561 g/mol. The molecule has 0 aliphatic carbocycles. The molecule has 0 unspecified atom stereocenters. The quantitative estimate of drug-likeness (QED) is 0.234. The first-order valence-electron chi connectivity index (χ1n) is 11.9. The minimum atomic E-state index is -4.84. The van der Waals surface area contributed by atoms with Gasteiger partial charge in [0.15, 0.2) is 6.10 Å². The Kier molecular flexibility index (Phi) is 8.43. The van der Waals surface area contributed by atoms with Gasteiger partial charge >= 0.3 is 12.3 Å². The van der Waals surface area contributed by atoms with Crippen LogP contribution in [-0.2, 0) is 20.9 Å². The maximum atomic E-state index is 12.9. The van der Waals surface area contributed by atoms with E-state index >= 15 is 0 Å². The van der Waals surface area contributed by atoms with Gasteiger partial charge < -0.3 is 40.0 Å². The summed E-state index contributed by atoms with van der Waals surface area (Å²) >= 11 is 0. The number of rotatable bonds is 8. The smallest absolute Gasteiger partial charge is 0.479 e. The summed E-state index contributed by atoms with van der Waals surface area (Å²) in [7, 11) is 0. The van der Waals surface area contributed by atoms with Crippen LogP contribution in [0.3, 0.4) is 0 Å². The van der Waals surface area contributed by atoms with E-state index in [1.54, 1.807) is 6.92 Å². The Hall–Kier alpha value is -4.32. The van der Waals surface area contributed by atoms with Crippen molar-refractivity contribution in [3.05, 3.63) is 58.4 Å². The topological polar surface area (TPSA) is 203 Å². The largest absolute Gasteiger partial charge is 0.573 e. The molecule has 6 atom stereocenters. The number of benzene rings is 2. The van der Waals surface area contributed by atoms with Crippen molar-refractivity contribution in [2.75, 3.05) is 0 Å². The van der Waals surface area contributed by atoms with Crippen molar-refractivity contribution in [3.8, 4) is 11.5 Å². The van der Waals surface area contributed by atoms with E-state index in [1.807, 2.05) is 0 Å². The number of hydrogen-bond acceptors (Lipinski definition) is 11. The van der Waals surface area contributed by atoms with E-state index in [9.17, 15) is 42.9 Å². The number of alkyl halides is 3. The van der Waals surface area contributed by atoms with Crippen molar-refractivity contribution >= 4 is 22.8 Å². The van der Waals surface area contributed by atoms with E-state index < -0.39 is 72.8 Å². The first-order valence-corrected chi connectivity index (χ1v) is 11.9. The van der Waals surface area contributed by atoms with Gasteiger partial charge in [0.1, 0.15) is 41.9 Å². The third-order valence-corrected chi connectivity index (χ3v) is 6.04. The third kappa shape index (κ3) is 6.88. The van der Waals surface area contributed by atoms with Crippen LogP contribution in [0, 0.1) is 0 Å². The highest BCUT2D eigenvalue weighted by Crippen LogP contribution is 2.26. The molecule has 1 aliphatic rings. The summed E-state index contributed by atoms with van der Waals surface area (Å²) in [5.74, 6) is -2.69. The lowest BCUT2D eigenvalue weighted by Gasteiger charge is -2.38. The lowest BCUT2D eigenvalue weighted by atomic mass is 9.99. The number of carboxylic acid groups (broad SMARTS) is 1. The average molecular weight is 584 g/mol. The van der Waals surface area contributed by atoms with E-state index in [1.165, 1.54) is 30.3 Å². The molecule has 0 spiro atoms. The van der Waals surface area contributed by atoms with Gasteiger partial charge in [0.05, 0.1) is 11.4 Å². The van der Waals surface area contributed by atoms with Crippen molar-refractivity contribution in [3.63, 3.8) is 0 Å². The second kappa shape index (κ2) is 11.7. The van der Waals surface area contributed by atoms with E-state index in [4.69, 9.17) is 14.6 Å². The van der Waals surface area contributed by atoms with Gasteiger partial charge in [0.2, 0.25) is 12.2 Å². The second-order valence-electron chi connectivity index (χ2n) is 8.99. The monoisotopic (exact) mass is 584 g/mol. The van der Waals surface area contributed by atoms with Gasteiger partial charge in [0, 0.05) is 6.07 Å². The van der Waals surface area contributed by atoms with Gasteiger partial charge in [-0.05, 0) is 36.8 Å². The van der Waals surface area contributed by atoms with Crippen LogP contribution in [0.5, 0.6) is 11.5 Å². The highest BCUT2D eigenvalue weighted by Gasteiger charge is 2.48. The molecule has 1 fully saturated rings. The van der Waals surface area contributed by atoms with Crippen molar-refractivity contribution in [1.82, 2.24) is 20.3 Å². The zero-order valence-corrected chi connectivity index (χ0v) is 20.9. The molecule has 4 rings (SSSR count). The molecule has 17 heteroatoms. The number of ether oxygens (including phenoxy) is 3. The van der Waals surface area contributed by atoms with Crippen LogP contribution in [0.1, 0.15) is 18.5 Å². The Labute approximate surface area is 227 Å². The van der Waals surface area contributed by atoms with Crippen LogP contribution in [0.4, 0.5) is 13.2 Å². The molecule has 1 saturated heterocycles. The van der Waals surface area contributed by atoms with Crippen LogP contribution >= 0.6 is 0 Å². The molecule has 3 aromatic rings. The van der Waals surface area contributed by atoms with E-state index in [2.05, 4.69) is 20.4 Å². The molecule has 0 bridgehead atoms. The van der Waals surface area contributed by atoms with Crippen molar-refractivity contribution in [1.29, 1.82) is 0 Å². The number of aliphatic carboxylic acids is 1. The number of fused-ring (bicyclic) bond motifs is 1. The molecular formula is C24H23F3N4O10. The zero-order valence-electron chi connectivity index (χ0n) is 20.9. The summed E-state index contributed by atoms with van der Waals surface area (Å²) < 4.78 is 52.0. The molecule has 1 amide bonds. The molecule has 0 radical (unpaired) electrons. The summed E-state index contributed by atoms with van der Waals surface area (Å²) in [6.45, 7) is 1.05. The number of halogens is 3. The zero-order chi connectivity index (χ0) is 30.1. The van der Waals surface area contributed by atoms with Gasteiger partial charge in [-0.2, -0.15) is 0 Å². The normalized spacial score (nSPS) is 23.5. The maximum Gasteiger partial charge on any atom is 0.573 e. The summed E-state index contributed by atoms with van der Waals surface area (Å²) in [4.78, 5) is 36.6. The number of aliphatic hydroxyl groups is 3. The molecule has 1 aromatic heterocycles. The number of hydrogen-bond donors (Lipinski definition) is 5. The Morgan fingerprint density at radius 3 is 2.37 bits per heavy atom. The molecule has 5 N–H and O–H groups in total. The van der Waals surface area contributed by atoms with Gasteiger partial charge in [-0.1, -0.05) is 17.3 Å². The number of aromatic nitrogens is 3. The minimum Gasteiger partial charge on any atom is -0.479 e. The fraction of sp³-hybridized carbons (Fsp3) is 0.375. The average Bonchev–Trinajstić information content (AvgIpc) is 2.90. The van der Waals surface area contributed by atoms with Crippen molar-refractivity contribution < 1.29 is 57.4 Å². The number of nitrogens with zero attached hydrogens (tertiary/aromatic N) is 3. The molecule has 1 aliphatic heterocycles. The van der Waals surface area contributed by atoms with Crippen LogP contribution in [0.15, 0.2) is 47.3 Å².